The van der Waals surface area contributed by atoms with Crippen molar-refractivity contribution in [2.24, 2.45) is 0 Å². The average molecular weight is 468 g/mol. The lowest BCUT2D eigenvalue weighted by atomic mass is 9.96. The number of fused-ring (bicyclic) bond motifs is 1. The maximum Gasteiger partial charge on any atom is 0.251 e. The molecule has 2 aromatic heterocycles. The largest absolute Gasteiger partial charge is 0.361 e. The van der Waals surface area contributed by atoms with Crippen LogP contribution in [0.3, 0.4) is 0 Å². The minimum Gasteiger partial charge on any atom is -0.361 e. The minimum atomic E-state index is -3.20. The number of H-pyrrole nitrogens is 1. The van der Waals surface area contributed by atoms with Crippen molar-refractivity contribution in [2.75, 3.05) is 19.3 Å². The van der Waals surface area contributed by atoms with Crippen molar-refractivity contribution < 1.29 is 13.2 Å². The van der Waals surface area contributed by atoms with Crippen LogP contribution in [0.1, 0.15) is 32.3 Å². The molecule has 3 N–H and O–H groups in total. The van der Waals surface area contributed by atoms with E-state index in [2.05, 4.69) is 38.6 Å². The summed E-state index contributed by atoms with van der Waals surface area (Å²) >= 11 is 1.68. The van der Waals surface area contributed by atoms with Crippen molar-refractivity contribution in [2.45, 2.75) is 12.3 Å². The van der Waals surface area contributed by atoms with Gasteiger partial charge in [0.05, 0.1) is 6.26 Å². The Hall–Kier alpha value is -2.94. The van der Waals surface area contributed by atoms with E-state index in [1.54, 1.807) is 23.5 Å². The first-order valence-corrected chi connectivity index (χ1v) is 13.1. The quantitative estimate of drug-likeness (QED) is 0.349. The fraction of sp³-hybridized carbons (Fsp3) is 0.208. The molecule has 0 bridgehead atoms. The zero-order valence-electron chi connectivity index (χ0n) is 17.7. The van der Waals surface area contributed by atoms with Crippen LogP contribution in [0.15, 0.2) is 72.2 Å². The third-order valence-electron chi connectivity index (χ3n) is 5.34. The molecule has 0 unspecified atom stereocenters. The molecular weight excluding hydrogens is 442 g/mol. The van der Waals surface area contributed by atoms with Gasteiger partial charge >= 0.3 is 0 Å². The van der Waals surface area contributed by atoms with Gasteiger partial charge in [-0.05, 0) is 47.2 Å². The summed E-state index contributed by atoms with van der Waals surface area (Å²) in [7, 11) is -3.20. The fourth-order valence-electron chi connectivity index (χ4n) is 3.74. The molecule has 0 radical (unpaired) electrons. The van der Waals surface area contributed by atoms with Gasteiger partial charge in [-0.25, -0.2) is 13.1 Å². The first kappa shape index (κ1) is 22.3. The molecule has 32 heavy (non-hydrogen) atoms. The number of aromatic nitrogens is 1. The zero-order valence-corrected chi connectivity index (χ0v) is 19.3. The monoisotopic (exact) mass is 467 g/mol. The fourth-order valence-corrected chi connectivity index (χ4v) is 5.05. The van der Waals surface area contributed by atoms with E-state index in [1.165, 1.54) is 4.88 Å². The van der Waals surface area contributed by atoms with Gasteiger partial charge in [0, 0.05) is 46.5 Å². The maximum absolute atomic E-state index is 12.8. The standard InChI is InChI=1S/C24H25N3O3S2/c1-32(29,30)27-13-12-17-8-10-18(11-9-17)24(28)26-16-21(23-7-4-14-31-23)20-15-25-22-6-3-2-5-19(20)22/h2-11,14-15,21,25,27H,12-13,16H2,1H3,(H,26,28)/t21-/m0/s1. The molecule has 166 valence electrons. The lowest BCUT2D eigenvalue weighted by Gasteiger charge is -2.16. The third kappa shape index (κ3) is 5.45. The number of hydrogen-bond donors (Lipinski definition) is 3. The Balaban J connectivity index is 1.44. The molecule has 0 fully saturated rings. The second-order valence-corrected chi connectivity index (χ2v) is 10.5. The molecule has 0 aliphatic heterocycles. The van der Waals surface area contributed by atoms with Gasteiger partial charge in [0.25, 0.3) is 5.91 Å². The van der Waals surface area contributed by atoms with Crippen molar-refractivity contribution in [3.63, 3.8) is 0 Å². The van der Waals surface area contributed by atoms with E-state index in [4.69, 9.17) is 0 Å². The van der Waals surface area contributed by atoms with Crippen molar-refractivity contribution in [3.8, 4) is 0 Å². The van der Waals surface area contributed by atoms with Crippen molar-refractivity contribution in [3.05, 3.63) is 93.8 Å². The summed E-state index contributed by atoms with van der Waals surface area (Å²) in [4.78, 5) is 17.3. The number of aromatic amines is 1. The average Bonchev–Trinajstić information content (AvgIpc) is 3.44. The first-order chi connectivity index (χ1) is 15.4. The Morgan fingerprint density at radius 3 is 2.56 bits per heavy atom. The molecule has 2 heterocycles. The van der Waals surface area contributed by atoms with E-state index in [9.17, 15) is 13.2 Å². The molecular formula is C24H25N3O3S2. The lowest BCUT2D eigenvalue weighted by Crippen LogP contribution is -2.28. The second kappa shape index (κ2) is 9.68. The summed E-state index contributed by atoms with van der Waals surface area (Å²) in [5, 5.41) is 6.30. The Kier molecular flexibility index (Phi) is 6.74. The highest BCUT2D eigenvalue weighted by atomic mass is 32.2. The third-order valence-corrected chi connectivity index (χ3v) is 7.06. The number of rotatable bonds is 9. The van der Waals surface area contributed by atoms with Crippen LogP contribution in [0.5, 0.6) is 0 Å². The molecule has 0 saturated heterocycles. The van der Waals surface area contributed by atoms with Gasteiger partial charge in [0.1, 0.15) is 0 Å². The van der Waals surface area contributed by atoms with Gasteiger partial charge in [0.2, 0.25) is 10.0 Å². The van der Waals surface area contributed by atoms with Gasteiger partial charge in [-0.15, -0.1) is 11.3 Å². The minimum absolute atomic E-state index is 0.0523. The van der Waals surface area contributed by atoms with Crippen molar-refractivity contribution in [1.82, 2.24) is 15.0 Å². The molecule has 1 amide bonds. The first-order valence-electron chi connectivity index (χ1n) is 10.3. The van der Waals surface area contributed by atoms with Gasteiger partial charge in [-0.3, -0.25) is 4.79 Å². The normalized spacial score (nSPS) is 12.7. The van der Waals surface area contributed by atoms with Crippen LogP contribution in [0.2, 0.25) is 0 Å². The molecule has 0 aliphatic carbocycles. The number of nitrogens with one attached hydrogen (secondary N) is 3. The predicted molar refractivity (Wildman–Crippen MR) is 130 cm³/mol. The van der Waals surface area contributed by atoms with Crippen LogP contribution in [-0.2, 0) is 16.4 Å². The topological polar surface area (TPSA) is 91.1 Å². The van der Waals surface area contributed by atoms with E-state index >= 15 is 0 Å². The number of para-hydroxylation sites is 1. The molecule has 0 aliphatic rings. The molecule has 4 aromatic rings. The number of benzene rings is 2. The van der Waals surface area contributed by atoms with Gasteiger partial charge < -0.3 is 10.3 Å². The van der Waals surface area contributed by atoms with Crippen LogP contribution in [0.4, 0.5) is 0 Å². The summed E-state index contributed by atoms with van der Waals surface area (Å²) in [6.45, 7) is 0.818. The highest BCUT2D eigenvalue weighted by molar-refractivity contribution is 7.88. The molecule has 6 nitrogen and oxygen atoms in total. The van der Waals surface area contributed by atoms with Gasteiger partial charge in [-0.1, -0.05) is 36.4 Å². The number of carbonyl (C=O) groups excluding carboxylic acids is 1. The number of amides is 1. The van der Waals surface area contributed by atoms with Crippen LogP contribution >= 0.6 is 11.3 Å². The highest BCUT2D eigenvalue weighted by Crippen LogP contribution is 2.32. The van der Waals surface area contributed by atoms with Crippen LogP contribution < -0.4 is 10.0 Å². The molecule has 4 rings (SSSR count). The Labute approximate surface area is 191 Å². The van der Waals surface area contributed by atoms with E-state index in [0.29, 0.717) is 25.1 Å². The van der Waals surface area contributed by atoms with Crippen LogP contribution in [-0.4, -0.2) is 38.7 Å². The lowest BCUT2D eigenvalue weighted by molar-refractivity contribution is 0.0952. The molecule has 8 heteroatoms. The van der Waals surface area contributed by atoms with Crippen LogP contribution in [0.25, 0.3) is 10.9 Å². The maximum atomic E-state index is 12.8. The summed E-state index contributed by atoms with van der Waals surface area (Å²) in [5.41, 5.74) is 3.79. The Morgan fingerprint density at radius 1 is 1.06 bits per heavy atom. The molecule has 2 aromatic carbocycles. The van der Waals surface area contributed by atoms with E-state index in [-0.39, 0.29) is 11.8 Å². The summed E-state index contributed by atoms with van der Waals surface area (Å²) in [6.07, 6.45) is 3.73. The Morgan fingerprint density at radius 2 is 1.84 bits per heavy atom. The molecule has 0 spiro atoms. The van der Waals surface area contributed by atoms with Crippen molar-refractivity contribution >= 4 is 38.2 Å². The Bertz CT molecular complexity index is 1290. The van der Waals surface area contributed by atoms with E-state index in [0.717, 1.165) is 28.3 Å². The number of thiophene rings is 1. The SMILES string of the molecule is CS(=O)(=O)NCCc1ccc(C(=O)NC[C@H](c2cccs2)c2c[nH]c3ccccc23)cc1. The van der Waals surface area contributed by atoms with Crippen LogP contribution in [0, 0.1) is 0 Å². The number of sulfonamides is 1. The summed E-state index contributed by atoms with van der Waals surface area (Å²) in [6, 6.07) is 19.6. The van der Waals surface area contributed by atoms with Gasteiger partial charge in [0.15, 0.2) is 0 Å². The highest BCUT2D eigenvalue weighted by Gasteiger charge is 2.20. The smallest absolute Gasteiger partial charge is 0.251 e. The molecule has 1 atom stereocenters. The predicted octanol–water partition coefficient (Wildman–Crippen LogP) is 3.88. The van der Waals surface area contributed by atoms with E-state index in [1.807, 2.05) is 36.5 Å². The molecule has 0 saturated carbocycles. The summed E-state index contributed by atoms with van der Waals surface area (Å²) < 4.78 is 24.8. The summed E-state index contributed by atoms with van der Waals surface area (Å²) in [5.74, 6) is -0.0800. The van der Waals surface area contributed by atoms with E-state index < -0.39 is 10.0 Å². The number of carbonyl (C=O) groups is 1. The zero-order chi connectivity index (χ0) is 22.6. The van der Waals surface area contributed by atoms with Gasteiger partial charge in [-0.2, -0.15) is 0 Å². The van der Waals surface area contributed by atoms with Crippen molar-refractivity contribution in [1.29, 1.82) is 0 Å². The number of hydrogen-bond acceptors (Lipinski definition) is 4. The second-order valence-electron chi connectivity index (χ2n) is 7.68.